The number of aliphatic hydroxyl groups is 1. The van der Waals surface area contributed by atoms with E-state index in [0.717, 1.165) is 0 Å². The zero-order valence-electron chi connectivity index (χ0n) is 20.9. The van der Waals surface area contributed by atoms with E-state index in [4.69, 9.17) is 30.2 Å². The number of halogens is 1. The van der Waals surface area contributed by atoms with Crippen LogP contribution in [-0.2, 0) is 23.4 Å². The second kappa shape index (κ2) is 11.4. The zero-order valence-corrected chi connectivity index (χ0v) is 22.6. The standard InChI is InChI=1S/C24H39ClO7Si/c1-15-9-8-10-19(25)21(32-33(6,7)24(3,4)5)13-17-11-18(14-26)20(12-17)30-23(28)31-22(15)29-16(2)27/h9-10,17-18,20-22,26H,8,11-14H2,1-7H3/b15-9-,19-10+/t17-,18+,20+,21+,22+/m0/s1. The first-order valence-corrected chi connectivity index (χ1v) is 14.9. The summed E-state index contributed by atoms with van der Waals surface area (Å²) >= 11 is 6.78. The van der Waals surface area contributed by atoms with Gasteiger partial charge in [0.2, 0.25) is 0 Å². The molecule has 1 aliphatic carbocycles. The smallest absolute Gasteiger partial charge is 0.430 e. The molecule has 188 valence electrons. The van der Waals surface area contributed by atoms with Crippen LogP contribution >= 0.6 is 11.6 Å². The van der Waals surface area contributed by atoms with Crippen LogP contribution in [0.4, 0.5) is 4.79 Å². The molecule has 0 unspecified atom stereocenters. The molecule has 33 heavy (non-hydrogen) atoms. The van der Waals surface area contributed by atoms with E-state index >= 15 is 0 Å². The number of hydrogen-bond acceptors (Lipinski definition) is 7. The minimum atomic E-state index is -2.10. The van der Waals surface area contributed by atoms with Crippen molar-refractivity contribution >= 4 is 32.0 Å². The largest absolute Gasteiger partial charge is 0.511 e. The zero-order chi connectivity index (χ0) is 25.0. The van der Waals surface area contributed by atoms with Crippen LogP contribution in [0.15, 0.2) is 22.8 Å². The van der Waals surface area contributed by atoms with Crippen LogP contribution in [0.25, 0.3) is 0 Å². The topological polar surface area (TPSA) is 91.3 Å². The van der Waals surface area contributed by atoms with E-state index in [0.29, 0.717) is 36.3 Å². The van der Waals surface area contributed by atoms with Crippen molar-refractivity contribution in [2.24, 2.45) is 11.8 Å². The number of carbonyl (C=O) groups is 2. The molecule has 0 spiro atoms. The Labute approximate surface area is 203 Å². The lowest BCUT2D eigenvalue weighted by Crippen LogP contribution is -2.44. The van der Waals surface area contributed by atoms with E-state index in [1.807, 2.05) is 6.08 Å². The van der Waals surface area contributed by atoms with Gasteiger partial charge in [-0.25, -0.2) is 4.79 Å². The highest BCUT2D eigenvalue weighted by Crippen LogP contribution is 2.42. The molecule has 7 nitrogen and oxygen atoms in total. The normalized spacial score (nSPS) is 33.0. The monoisotopic (exact) mass is 502 g/mol. The third kappa shape index (κ3) is 7.84. The number of carbonyl (C=O) groups excluding carboxylic acids is 2. The summed E-state index contributed by atoms with van der Waals surface area (Å²) in [4.78, 5) is 24.0. The third-order valence-electron chi connectivity index (χ3n) is 6.91. The lowest BCUT2D eigenvalue weighted by molar-refractivity contribution is -0.163. The van der Waals surface area contributed by atoms with Crippen LogP contribution < -0.4 is 0 Å². The van der Waals surface area contributed by atoms with Gasteiger partial charge in [-0.1, -0.05) is 44.5 Å². The van der Waals surface area contributed by atoms with Gasteiger partial charge in [-0.15, -0.1) is 0 Å². The molecule has 0 aromatic rings. The number of esters is 1. The van der Waals surface area contributed by atoms with Crippen LogP contribution in [-0.4, -0.2) is 50.7 Å². The van der Waals surface area contributed by atoms with Crippen LogP contribution in [0.5, 0.6) is 0 Å². The van der Waals surface area contributed by atoms with E-state index in [2.05, 4.69) is 33.9 Å². The highest BCUT2D eigenvalue weighted by Gasteiger charge is 2.43. The molecule has 9 heteroatoms. The molecule has 0 radical (unpaired) electrons. The van der Waals surface area contributed by atoms with Crippen LogP contribution in [0, 0.1) is 11.8 Å². The van der Waals surface area contributed by atoms with Crippen molar-refractivity contribution in [3.05, 3.63) is 22.8 Å². The fourth-order valence-electron chi connectivity index (χ4n) is 3.96. The first-order chi connectivity index (χ1) is 15.2. The summed E-state index contributed by atoms with van der Waals surface area (Å²) in [5.41, 5.74) is 0.546. The number of rotatable bonds is 4. The number of hydrogen-bond donors (Lipinski definition) is 1. The molecule has 2 rings (SSSR count). The Balaban J connectivity index is 2.39. The number of aliphatic hydroxyl groups excluding tert-OH is 1. The first-order valence-electron chi connectivity index (χ1n) is 11.6. The summed E-state index contributed by atoms with van der Waals surface area (Å²) in [5, 5.41) is 10.5. The number of ether oxygens (including phenoxy) is 3. The van der Waals surface area contributed by atoms with Crippen LogP contribution in [0.3, 0.4) is 0 Å². The first kappa shape index (κ1) is 27.9. The minimum Gasteiger partial charge on any atom is -0.430 e. The molecule has 2 bridgehead atoms. The van der Waals surface area contributed by atoms with Crippen molar-refractivity contribution in [2.75, 3.05) is 6.61 Å². The molecule has 0 aromatic heterocycles. The predicted molar refractivity (Wildman–Crippen MR) is 129 cm³/mol. The van der Waals surface area contributed by atoms with Gasteiger partial charge in [-0.3, -0.25) is 4.79 Å². The summed E-state index contributed by atoms with van der Waals surface area (Å²) in [6.07, 6.45) is 3.24. The summed E-state index contributed by atoms with van der Waals surface area (Å²) in [5.74, 6) is -0.610. The predicted octanol–water partition coefficient (Wildman–Crippen LogP) is 5.67. The molecule has 0 aromatic carbocycles. The van der Waals surface area contributed by atoms with Gasteiger partial charge in [-0.05, 0) is 56.7 Å². The highest BCUT2D eigenvalue weighted by molar-refractivity contribution is 6.74. The molecule has 1 fully saturated rings. The van der Waals surface area contributed by atoms with Gasteiger partial charge in [0.1, 0.15) is 6.10 Å². The Hall–Kier alpha value is -1.35. The van der Waals surface area contributed by atoms with Gasteiger partial charge in [0.15, 0.2) is 8.32 Å². The maximum absolute atomic E-state index is 12.5. The molecule has 0 amide bonds. The third-order valence-corrected chi connectivity index (χ3v) is 11.8. The molecule has 1 N–H and O–H groups in total. The fraction of sp³-hybridized carbons (Fsp3) is 0.750. The van der Waals surface area contributed by atoms with Gasteiger partial charge in [0.25, 0.3) is 6.29 Å². The molecular weight excluding hydrogens is 464 g/mol. The summed E-state index contributed by atoms with van der Waals surface area (Å²) < 4.78 is 22.7. The highest BCUT2D eigenvalue weighted by atomic mass is 35.5. The van der Waals surface area contributed by atoms with Crippen molar-refractivity contribution in [2.45, 2.75) is 96.9 Å². The van der Waals surface area contributed by atoms with Crippen molar-refractivity contribution < 1.29 is 33.3 Å². The average Bonchev–Trinajstić information content (AvgIpc) is 3.05. The van der Waals surface area contributed by atoms with Crippen LogP contribution in [0.1, 0.15) is 60.3 Å². The van der Waals surface area contributed by atoms with E-state index in [9.17, 15) is 14.7 Å². The lowest BCUT2D eigenvalue weighted by atomic mass is 9.98. The lowest BCUT2D eigenvalue weighted by Gasteiger charge is -2.40. The molecule has 1 aliphatic heterocycles. The second-order valence-electron chi connectivity index (χ2n) is 10.6. The fourth-order valence-corrected chi connectivity index (χ4v) is 5.55. The second-order valence-corrected chi connectivity index (χ2v) is 15.8. The SMILES string of the molecule is CC(=O)O[C@@H]1OC(=O)O[C@@H]2C[C@H](C[C@@H]2CO)C[C@@H](O[Si](C)(C)C(C)(C)C)/C(Cl)=C\C/C=C\1C. The number of fused-ring (bicyclic) bond motifs is 2. The maximum atomic E-state index is 12.5. The molecule has 1 saturated carbocycles. The van der Waals surface area contributed by atoms with Crippen molar-refractivity contribution in [3.63, 3.8) is 0 Å². The van der Waals surface area contributed by atoms with Gasteiger partial charge >= 0.3 is 12.1 Å². The minimum absolute atomic E-state index is 0.0235. The molecular formula is C24H39ClO7Si. The van der Waals surface area contributed by atoms with Crippen LogP contribution in [0.2, 0.25) is 18.1 Å². The molecule has 0 saturated heterocycles. The van der Waals surface area contributed by atoms with E-state index in [1.165, 1.54) is 6.92 Å². The van der Waals surface area contributed by atoms with E-state index in [-0.39, 0.29) is 29.6 Å². The Bertz CT molecular complexity index is 771. The van der Waals surface area contributed by atoms with Crippen molar-refractivity contribution in [1.29, 1.82) is 0 Å². The molecule has 1 heterocycles. The quantitative estimate of drug-likeness (QED) is 0.301. The summed E-state index contributed by atoms with van der Waals surface area (Å²) in [7, 11) is -2.10. The van der Waals surface area contributed by atoms with E-state index < -0.39 is 32.8 Å². The average molecular weight is 503 g/mol. The van der Waals surface area contributed by atoms with Crippen molar-refractivity contribution in [3.8, 4) is 0 Å². The molecule has 2 aliphatic rings. The van der Waals surface area contributed by atoms with Gasteiger partial charge in [0, 0.05) is 30.1 Å². The van der Waals surface area contributed by atoms with Gasteiger partial charge in [-0.2, -0.15) is 0 Å². The Morgan fingerprint density at radius 3 is 2.45 bits per heavy atom. The molecule has 5 atom stereocenters. The maximum Gasteiger partial charge on any atom is 0.511 e. The van der Waals surface area contributed by atoms with Gasteiger partial charge < -0.3 is 23.7 Å². The van der Waals surface area contributed by atoms with E-state index in [1.54, 1.807) is 13.0 Å². The van der Waals surface area contributed by atoms with Gasteiger partial charge in [0.05, 0.1) is 6.10 Å². The summed E-state index contributed by atoms with van der Waals surface area (Å²) in [6.45, 7) is 13.8. The van der Waals surface area contributed by atoms with Crippen molar-refractivity contribution in [1.82, 2.24) is 0 Å². The Kier molecular flexibility index (Phi) is 9.62. The Morgan fingerprint density at radius 2 is 1.88 bits per heavy atom. The number of cyclic esters (lactones) is 1. The number of allylic oxidation sites excluding steroid dienone is 2. The Morgan fingerprint density at radius 1 is 1.21 bits per heavy atom. The summed E-state index contributed by atoms with van der Waals surface area (Å²) in [6, 6.07) is 0.